The van der Waals surface area contributed by atoms with Crippen LogP contribution < -0.4 is 0 Å². The van der Waals surface area contributed by atoms with E-state index >= 15 is 0 Å². The van der Waals surface area contributed by atoms with E-state index in [1.54, 1.807) is 7.11 Å². The Labute approximate surface area is 131 Å². The van der Waals surface area contributed by atoms with Gasteiger partial charge in [0.2, 0.25) is 5.91 Å². The number of rotatable bonds is 5. The molecule has 0 N–H and O–H groups in total. The van der Waals surface area contributed by atoms with Crippen LogP contribution in [0.3, 0.4) is 0 Å². The topological polar surface area (TPSA) is 42.4 Å². The monoisotopic (exact) mass is 298 g/mol. The second-order valence-corrected chi connectivity index (χ2v) is 6.26. The van der Waals surface area contributed by atoms with Gasteiger partial charge in [-0.05, 0) is 30.5 Å². The average Bonchev–Trinajstić information content (AvgIpc) is 2.50. The van der Waals surface area contributed by atoms with Crippen molar-refractivity contribution in [3.05, 3.63) is 42.1 Å². The first kappa shape index (κ1) is 15.0. The Balaban J connectivity index is 1.74. The summed E-state index contributed by atoms with van der Waals surface area (Å²) in [4.78, 5) is 19.0. The molecule has 1 heterocycles. The summed E-state index contributed by atoms with van der Waals surface area (Å²) < 4.78 is 5.27. The van der Waals surface area contributed by atoms with E-state index in [1.165, 1.54) is 0 Å². The van der Waals surface area contributed by atoms with Gasteiger partial charge >= 0.3 is 0 Å². The number of aromatic nitrogens is 1. The van der Waals surface area contributed by atoms with Crippen molar-refractivity contribution in [2.75, 3.05) is 20.8 Å². The molecule has 0 saturated heterocycles. The van der Waals surface area contributed by atoms with E-state index in [2.05, 4.69) is 11.1 Å². The SMILES string of the molecule is COCC1(C(=O)N(C)Cc2cnc3ccccc3c2)CCC1. The number of pyridine rings is 1. The van der Waals surface area contributed by atoms with Gasteiger partial charge in [0.15, 0.2) is 0 Å². The molecule has 0 aliphatic heterocycles. The van der Waals surface area contributed by atoms with Crippen LogP contribution in [0.25, 0.3) is 10.9 Å². The molecule has 0 spiro atoms. The van der Waals surface area contributed by atoms with E-state index in [-0.39, 0.29) is 11.3 Å². The van der Waals surface area contributed by atoms with Gasteiger partial charge in [-0.3, -0.25) is 9.78 Å². The number of para-hydroxylation sites is 1. The van der Waals surface area contributed by atoms with Crippen molar-refractivity contribution in [3.63, 3.8) is 0 Å². The highest BCUT2D eigenvalue weighted by Gasteiger charge is 2.45. The summed E-state index contributed by atoms with van der Waals surface area (Å²) >= 11 is 0. The van der Waals surface area contributed by atoms with Crippen molar-refractivity contribution in [2.45, 2.75) is 25.8 Å². The van der Waals surface area contributed by atoms with Crippen LogP contribution in [0.1, 0.15) is 24.8 Å². The fraction of sp³-hybridized carbons (Fsp3) is 0.444. The molecule has 1 saturated carbocycles. The first-order valence-corrected chi connectivity index (χ1v) is 7.73. The number of hydrogen-bond donors (Lipinski definition) is 0. The lowest BCUT2D eigenvalue weighted by molar-refractivity contribution is -0.151. The van der Waals surface area contributed by atoms with E-state index in [0.29, 0.717) is 13.2 Å². The molecular weight excluding hydrogens is 276 g/mol. The van der Waals surface area contributed by atoms with E-state index in [0.717, 1.165) is 35.7 Å². The van der Waals surface area contributed by atoms with Gasteiger partial charge in [0, 0.05) is 32.3 Å². The highest BCUT2D eigenvalue weighted by atomic mass is 16.5. The fourth-order valence-corrected chi connectivity index (χ4v) is 3.25. The van der Waals surface area contributed by atoms with Crippen molar-refractivity contribution < 1.29 is 9.53 Å². The predicted octanol–water partition coefficient (Wildman–Crippen LogP) is 3.01. The lowest BCUT2D eigenvalue weighted by atomic mass is 9.68. The summed E-state index contributed by atoms with van der Waals surface area (Å²) in [6.45, 7) is 1.11. The molecule has 0 radical (unpaired) electrons. The van der Waals surface area contributed by atoms with Gasteiger partial charge in [-0.25, -0.2) is 0 Å². The second-order valence-electron chi connectivity index (χ2n) is 6.26. The summed E-state index contributed by atoms with van der Waals surface area (Å²) in [6.07, 6.45) is 4.83. The van der Waals surface area contributed by atoms with Crippen LogP contribution in [-0.4, -0.2) is 36.6 Å². The molecule has 1 aromatic carbocycles. The molecule has 1 aromatic heterocycles. The molecule has 4 nitrogen and oxygen atoms in total. The highest BCUT2D eigenvalue weighted by Crippen LogP contribution is 2.42. The van der Waals surface area contributed by atoms with Gasteiger partial charge in [0.25, 0.3) is 0 Å². The number of amides is 1. The largest absolute Gasteiger partial charge is 0.384 e. The zero-order chi connectivity index (χ0) is 15.6. The minimum Gasteiger partial charge on any atom is -0.384 e. The van der Waals surface area contributed by atoms with Crippen molar-refractivity contribution in [1.82, 2.24) is 9.88 Å². The summed E-state index contributed by atoms with van der Waals surface area (Å²) in [5, 5.41) is 1.11. The Hall–Kier alpha value is -1.94. The lowest BCUT2D eigenvalue weighted by Crippen LogP contribution is -2.48. The summed E-state index contributed by atoms with van der Waals surface area (Å²) in [6, 6.07) is 10.1. The molecule has 116 valence electrons. The van der Waals surface area contributed by atoms with Gasteiger partial charge < -0.3 is 9.64 Å². The van der Waals surface area contributed by atoms with E-state index in [9.17, 15) is 4.79 Å². The van der Waals surface area contributed by atoms with E-state index < -0.39 is 0 Å². The van der Waals surface area contributed by atoms with Crippen LogP contribution in [0.15, 0.2) is 36.5 Å². The Morgan fingerprint density at radius 2 is 2.14 bits per heavy atom. The van der Waals surface area contributed by atoms with Crippen LogP contribution >= 0.6 is 0 Å². The lowest BCUT2D eigenvalue weighted by Gasteiger charge is -2.42. The summed E-state index contributed by atoms with van der Waals surface area (Å²) in [5.41, 5.74) is 1.74. The number of ether oxygens (including phenoxy) is 1. The van der Waals surface area contributed by atoms with Crippen molar-refractivity contribution >= 4 is 16.8 Å². The molecule has 22 heavy (non-hydrogen) atoms. The Morgan fingerprint density at radius 3 is 2.82 bits per heavy atom. The number of benzene rings is 1. The molecule has 3 rings (SSSR count). The number of carbonyl (C=O) groups is 1. The van der Waals surface area contributed by atoms with Crippen LogP contribution in [0.5, 0.6) is 0 Å². The van der Waals surface area contributed by atoms with Crippen LogP contribution in [0.4, 0.5) is 0 Å². The van der Waals surface area contributed by atoms with Crippen LogP contribution in [0, 0.1) is 5.41 Å². The van der Waals surface area contributed by atoms with Crippen molar-refractivity contribution in [1.29, 1.82) is 0 Å². The molecule has 1 aliphatic carbocycles. The maximum Gasteiger partial charge on any atom is 0.231 e. The van der Waals surface area contributed by atoms with Crippen molar-refractivity contribution in [2.24, 2.45) is 5.41 Å². The third-order valence-corrected chi connectivity index (χ3v) is 4.60. The molecule has 4 heteroatoms. The summed E-state index contributed by atoms with van der Waals surface area (Å²) in [7, 11) is 3.54. The maximum atomic E-state index is 12.7. The van der Waals surface area contributed by atoms with Crippen LogP contribution in [0.2, 0.25) is 0 Å². The number of carbonyl (C=O) groups excluding carboxylic acids is 1. The molecule has 0 bridgehead atoms. The Morgan fingerprint density at radius 1 is 1.36 bits per heavy atom. The molecule has 0 atom stereocenters. The summed E-state index contributed by atoms with van der Waals surface area (Å²) in [5.74, 6) is 0.189. The number of methoxy groups -OCH3 is 1. The van der Waals surface area contributed by atoms with E-state index in [4.69, 9.17) is 4.74 Å². The molecular formula is C18H22N2O2. The molecule has 1 amide bonds. The third kappa shape index (κ3) is 2.71. The zero-order valence-electron chi connectivity index (χ0n) is 13.2. The smallest absolute Gasteiger partial charge is 0.231 e. The number of fused-ring (bicyclic) bond motifs is 1. The normalized spacial score (nSPS) is 16.3. The second kappa shape index (κ2) is 6.05. The quantitative estimate of drug-likeness (QED) is 0.852. The van der Waals surface area contributed by atoms with Gasteiger partial charge in [-0.1, -0.05) is 24.6 Å². The van der Waals surface area contributed by atoms with Gasteiger partial charge in [0.05, 0.1) is 17.5 Å². The van der Waals surface area contributed by atoms with Gasteiger partial charge in [-0.2, -0.15) is 0 Å². The minimum atomic E-state index is -0.298. The third-order valence-electron chi connectivity index (χ3n) is 4.60. The minimum absolute atomic E-state index is 0.189. The fourth-order valence-electron chi connectivity index (χ4n) is 3.25. The molecule has 1 aliphatic rings. The van der Waals surface area contributed by atoms with E-state index in [1.807, 2.05) is 42.4 Å². The molecule has 0 unspecified atom stereocenters. The Bertz CT molecular complexity index is 680. The average molecular weight is 298 g/mol. The molecule has 2 aromatic rings. The number of hydrogen-bond acceptors (Lipinski definition) is 3. The Kier molecular flexibility index (Phi) is 4.12. The van der Waals surface area contributed by atoms with Crippen LogP contribution in [-0.2, 0) is 16.1 Å². The first-order chi connectivity index (χ1) is 10.6. The predicted molar refractivity (Wildman–Crippen MR) is 86.4 cm³/mol. The van der Waals surface area contributed by atoms with Crippen molar-refractivity contribution in [3.8, 4) is 0 Å². The van der Waals surface area contributed by atoms with Gasteiger partial charge in [-0.15, -0.1) is 0 Å². The maximum absolute atomic E-state index is 12.7. The molecule has 1 fully saturated rings. The highest BCUT2D eigenvalue weighted by molar-refractivity contribution is 5.84. The first-order valence-electron chi connectivity index (χ1n) is 7.73. The number of nitrogens with zero attached hydrogens (tertiary/aromatic N) is 2. The van der Waals surface area contributed by atoms with Gasteiger partial charge in [0.1, 0.15) is 0 Å². The standard InChI is InChI=1S/C18H22N2O2/c1-20(17(21)18(13-22-2)8-5-9-18)12-14-10-15-6-3-4-7-16(15)19-11-14/h3-4,6-7,10-11H,5,8-9,12-13H2,1-2H3. The zero-order valence-corrected chi connectivity index (χ0v) is 13.2.